The van der Waals surface area contributed by atoms with E-state index in [1.807, 2.05) is 9.80 Å². The van der Waals surface area contributed by atoms with Crippen molar-refractivity contribution < 1.29 is 18.7 Å². The monoisotopic (exact) mass is 430 g/mol. The molecule has 168 valence electrons. The van der Waals surface area contributed by atoms with Crippen LogP contribution in [0.4, 0.5) is 4.39 Å². The summed E-state index contributed by atoms with van der Waals surface area (Å²) in [4.78, 5) is 33.6. The number of ether oxygens (including phenoxy) is 1. The van der Waals surface area contributed by atoms with Gasteiger partial charge in [0.05, 0.1) is 30.4 Å². The first-order chi connectivity index (χ1) is 15.0. The number of benzene rings is 1. The number of piperazine rings is 1. The fraction of sp³-hybridized carbons (Fsp3) is 0.652. The standard InChI is InChI=1S/C23H31FN4O3/c1-17(29)25-8-6-18(7-9-25)27-15-23(16-27)14-26(12-19-13-31-11-10-28(19)23)22(30)20-4-2-3-5-21(20)24/h2-5,18-19H,6-16H2,1H3. The number of amides is 2. The van der Waals surface area contributed by atoms with Gasteiger partial charge in [-0.2, -0.15) is 0 Å². The summed E-state index contributed by atoms with van der Waals surface area (Å²) in [6.45, 7) is 8.51. The molecule has 1 aromatic rings. The molecule has 0 aromatic heterocycles. The third-order valence-electron chi connectivity index (χ3n) is 7.57. The second kappa shape index (κ2) is 8.15. The predicted molar refractivity (Wildman–Crippen MR) is 113 cm³/mol. The van der Waals surface area contributed by atoms with Crippen LogP contribution in [0.3, 0.4) is 0 Å². The van der Waals surface area contributed by atoms with Crippen molar-refractivity contribution in [1.29, 1.82) is 0 Å². The first-order valence-corrected chi connectivity index (χ1v) is 11.3. The average Bonchev–Trinajstić information content (AvgIpc) is 2.76. The Morgan fingerprint density at radius 1 is 1.03 bits per heavy atom. The number of nitrogens with zero attached hydrogens (tertiary/aromatic N) is 4. The number of hydrogen-bond acceptors (Lipinski definition) is 5. The number of rotatable bonds is 2. The van der Waals surface area contributed by atoms with E-state index >= 15 is 0 Å². The zero-order chi connectivity index (χ0) is 21.6. The Morgan fingerprint density at radius 3 is 2.48 bits per heavy atom. The SMILES string of the molecule is CC(=O)N1CCC(N2CC3(CN(C(=O)c4ccccc4F)CC4COCCN43)C2)CC1. The van der Waals surface area contributed by atoms with E-state index in [1.165, 1.54) is 6.07 Å². The molecule has 1 spiro atoms. The topological polar surface area (TPSA) is 56.3 Å². The van der Waals surface area contributed by atoms with Gasteiger partial charge in [0.15, 0.2) is 0 Å². The van der Waals surface area contributed by atoms with E-state index in [9.17, 15) is 14.0 Å². The lowest BCUT2D eigenvalue weighted by atomic mass is 9.80. The Kier molecular flexibility index (Phi) is 5.48. The number of likely N-dealkylation sites (tertiary alicyclic amines) is 2. The van der Waals surface area contributed by atoms with Crippen LogP contribution < -0.4 is 0 Å². The lowest BCUT2D eigenvalue weighted by Gasteiger charge is -2.65. The summed E-state index contributed by atoms with van der Waals surface area (Å²) in [6.07, 6.45) is 2.00. The molecule has 4 heterocycles. The number of carbonyl (C=O) groups is 2. The predicted octanol–water partition coefficient (Wildman–Crippen LogP) is 1.05. The van der Waals surface area contributed by atoms with Gasteiger partial charge in [-0.15, -0.1) is 0 Å². The molecule has 4 saturated heterocycles. The number of hydrogen-bond donors (Lipinski definition) is 0. The largest absolute Gasteiger partial charge is 0.378 e. The van der Waals surface area contributed by atoms with Gasteiger partial charge in [-0.25, -0.2) is 4.39 Å². The third-order valence-corrected chi connectivity index (χ3v) is 7.57. The summed E-state index contributed by atoms with van der Waals surface area (Å²) < 4.78 is 20.0. The number of piperidine rings is 1. The van der Waals surface area contributed by atoms with Gasteiger partial charge < -0.3 is 14.5 Å². The third kappa shape index (κ3) is 3.75. The Morgan fingerprint density at radius 2 is 1.77 bits per heavy atom. The second-order valence-electron chi connectivity index (χ2n) is 9.45. The minimum atomic E-state index is -0.462. The number of morpholine rings is 1. The Hall–Kier alpha value is -2.03. The highest BCUT2D eigenvalue weighted by Gasteiger charge is 2.56. The summed E-state index contributed by atoms with van der Waals surface area (Å²) in [5.41, 5.74) is 0.0568. The summed E-state index contributed by atoms with van der Waals surface area (Å²) in [5, 5.41) is 0. The molecule has 5 rings (SSSR count). The van der Waals surface area contributed by atoms with Crippen LogP contribution >= 0.6 is 0 Å². The van der Waals surface area contributed by atoms with Crippen molar-refractivity contribution in [2.75, 3.05) is 59.0 Å². The van der Waals surface area contributed by atoms with Crippen LogP contribution in [0.5, 0.6) is 0 Å². The van der Waals surface area contributed by atoms with E-state index in [0.717, 1.165) is 52.2 Å². The quantitative estimate of drug-likeness (QED) is 0.702. The van der Waals surface area contributed by atoms with Crippen molar-refractivity contribution in [3.05, 3.63) is 35.6 Å². The Balaban J connectivity index is 1.30. The van der Waals surface area contributed by atoms with Gasteiger partial charge in [0.2, 0.25) is 5.91 Å². The molecular weight excluding hydrogens is 399 g/mol. The van der Waals surface area contributed by atoms with E-state index in [4.69, 9.17) is 4.74 Å². The molecule has 1 aromatic carbocycles. The molecule has 1 unspecified atom stereocenters. The van der Waals surface area contributed by atoms with Crippen LogP contribution in [0.2, 0.25) is 0 Å². The molecule has 0 radical (unpaired) electrons. The summed E-state index contributed by atoms with van der Waals surface area (Å²) in [5.74, 6) is -0.531. The highest BCUT2D eigenvalue weighted by molar-refractivity contribution is 5.94. The van der Waals surface area contributed by atoms with Crippen molar-refractivity contribution >= 4 is 11.8 Å². The summed E-state index contributed by atoms with van der Waals surface area (Å²) in [7, 11) is 0. The van der Waals surface area contributed by atoms with Gasteiger partial charge in [-0.05, 0) is 25.0 Å². The van der Waals surface area contributed by atoms with Crippen molar-refractivity contribution in [2.24, 2.45) is 0 Å². The molecule has 7 nitrogen and oxygen atoms in total. The van der Waals surface area contributed by atoms with Gasteiger partial charge in [-0.3, -0.25) is 19.4 Å². The van der Waals surface area contributed by atoms with Crippen LogP contribution in [0, 0.1) is 5.82 Å². The van der Waals surface area contributed by atoms with E-state index in [-0.39, 0.29) is 29.0 Å². The molecule has 0 N–H and O–H groups in total. The van der Waals surface area contributed by atoms with E-state index in [1.54, 1.807) is 25.1 Å². The molecule has 0 bridgehead atoms. The first-order valence-electron chi connectivity index (χ1n) is 11.3. The molecule has 4 aliphatic rings. The molecule has 4 fully saturated rings. The lowest BCUT2D eigenvalue weighted by molar-refractivity contribution is -0.169. The van der Waals surface area contributed by atoms with Crippen LogP contribution in [0.1, 0.15) is 30.1 Å². The summed E-state index contributed by atoms with van der Waals surface area (Å²) >= 11 is 0. The molecule has 8 heteroatoms. The maximum absolute atomic E-state index is 14.3. The highest BCUT2D eigenvalue weighted by atomic mass is 19.1. The van der Waals surface area contributed by atoms with Crippen LogP contribution in [-0.4, -0.2) is 108 Å². The zero-order valence-electron chi connectivity index (χ0n) is 18.1. The number of halogens is 1. The van der Waals surface area contributed by atoms with E-state index in [0.29, 0.717) is 25.7 Å². The van der Waals surface area contributed by atoms with Crippen molar-refractivity contribution in [2.45, 2.75) is 37.4 Å². The lowest BCUT2D eigenvalue weighted by Crippen LogP contribution is -2.82. The highest BCUT2D eigenvalue weighted by Crippen LogP contribution is 2.38. The normalized spacial score (nSPS) is 27.1. The van der Waals surface area contributed by atoms with E-state index in [2.05, 4.69) is 9.80 Å². The minimum absolute atomic E-state index is 0.0919. The molecule has 31 heavy (non-hydrogen) atoms. The molecule has 2 amide bonds. The number of carbonyl (C=O) groups excluding carboxylic acids is 2. The molecule has 0 aliphatic carbocycles. The van der Waals surface area contributed by atoms with Gasteiger partial charge in [-0.1, -0.05) is 12.1 Å². The second-order valence-corrected chi connectivity index (χ2v) is 9.45. The summed E-state index contributed by atoms with van der Waals surface area (Å²) in [6, 6.07) is 6.89. The maximum Gasteiger partial charge on any atom is 0.256 e. The van der Waals surface area contributed by atoms with Crippen molar-refractivity contribution in [3.8, 4) is 0 Å². The molecular formula is C23H31FN4O3. The minimum Gasteiger partial charge on any atom is -0.378 e. The van der Waals surface area contributed by atoms with Crippen molar-refractivity contribution in [1.82, 2.24) is 19.6 Å². The maximum atomic E-state index is 14.3. The fourth-order valence-corrected chi connectivity index (χ4v) is 5.95. The zero-order valence-corrected chi connectivity index (χ0v) is 18.1. The number of fused-ring (bicyclic) bond motifs is 2. The van der Waals surface area contributed by atoms with Gasteiger partial charge in [0.25, 0.3) is 5.91 Å². The van der Waals surface area contributed by atoms with Gasteiger partial charge in [0, 0.05) is 58.8 Å². The smallest absolute Gasteiger partial charge is 0.256 e. The first kappa shape index (κ1) is 20.8. The average molecular weight is 431 g/mol. The van der Waals surface area contributed by atoms with Gasteiger partial charge in [0.1, 0.15) is 5.82 Å². The Bertz CT molecular complexity index is 851. The molecule has 0 saturated carbocycles. The molecule has 4 aliphatic heterocycles. The van der Waals surface area contributed by atoms with Crippen molar-refractivity contribution in [3.63, 3.8) is 0 Å². The van der Waals surface area contributed by atoms with Gasteiger partial charge >= 0.3 is 0 Å². The van der Waals surface area contributed by atoms with Crippen LogP contribution in [0.15, 0.2) is 24.3 Å². The van der Waals surface area contributed by atoms with E-state index < -0.39 is 5.82 Å². The van der Waals surface area contributed by atoms with Crippen LogP contribution in [0.25, 0.3) is 0 Å². The van der Waals surface area contributed by atoms with Crippen LogP contribution in [-0.2, 0) is 9.53 Å². The fourth-order valence-electron chi connectivity index (χ4n) is 5.95. The Labute approximate surface area is 182 Å². The molecule has 1 atom stereocenters.